The summed E-state index contributed by atoms with van der Waals surface area (Å²) < 4.78 is 0. The smallest absolute Gasteiger partial charge is 0.269 e. The predicted molar refractivity (Wildman–Crippen MR) is 97.7 cm³/mol. The summed E-state index contributed by atoms with van der Waals surface area (Å²) in [5.74, 6) is -0.736. The lowest BCUT2D eigenvalue weighted by atomic mass is 9.66. The van der Waals surface area contributed by atoms with Crippen LogP contribution >= 0.6 is 12.2 Å². The Morgan fingerprint density at radius 2 is 2.12 bits per heavy atom. The van der Waals surface area contributed by atoms with Gasteiger partial charge in [-0.2, -0.15) is 0 Å². The molecule has 1 N–H and O–H groups in total. The largest absolute Gasteiger partial charge is 0.367 e. The van der Waals surface area contributed by atoms with Gasteiger partial charge in [0.2, 0.25) is 11.8 Å². The molecule has 2 saturated heterocycles. The van der Waals surface area contributed by atoms with Crippen molar-refractivity contribution in [3.05, 3.63) is 33.9 Å². The highest BCUT2D eigenvalue weighted by Gasteiger charge is 2.60. The van der Waals surface area contributed by atoms with E-state index in [0.717, 1.165) is 24.9 Å². The quantitative estimate of drug-likeness (QED) is 0.345. The Kier molecular flexibility index (Phi) is 3.72. The summed E-state index contributed by atoms with van der Waals surface area (Å²) >= 11 is 5.08. The van der Waals surface area contributed by atoms with Gasteiger partial charge < -0.3 is 10.2 Å². The van der Waals surface area contributed by atoms with E-state index in [1.54, 1.807) is 13.1 Å². The number of carbonyl (C=O) groups is 2. The van der Waals surface area contributed by atoms with Crippen LogP contribution in [0.25, 0.3) is 0 Å². The van der Waals surface area contributed by atoms with Gasteiger partial charge in [0.1, 0.15) is 0 Å². The fraction of sp³-hybridized carbons (Fsp3) is 0.471. The van der Waals surface area contributed by atoms with Gasteiger partial charge in [-0.05, 0) is 43.1 Å². The number of thiocarbonyl (C=S) groups is 1. The molecule has 0 saturated carbocycles. The molecule has 1 aromatic carbocycles. The first-order chi connectivity index (χ1) is 12.4. The molecule has 0 aromatic heterocycles. The lowest BCUT2D eigenvalue weighted by molar-refractivity contribution is -0.384. The van der Waals surface area contributed by atoms with Gasteiger partial charge in [0.15, 0.2) is 10.5 Å². The van der Waals surface area contributed by atoms with Crippen molar-refractivity contribution in [2.45, 2.75) is 31.7 Å². The third kappa shape index (κ3) is 2.16. The number of hydrogen-bond acceptors (Lipinski definition) is 6. The number of nitro groups is 1. The summed E-state index contributed by atoms with van der Waals surface area (Å²) in [6.07, 6.45) is 2.74. The zero-order chi connectivity index (χ0) is 18.6. The number of hydrogen-bond donors (Lipinski definition) is 1. The number of amides is 2. The van der Waals surface area contributed by atoms with Gasteiger partial charge in [-0.3, -0.25) is 24.6 Å². The molecule has 2 amide bonds. The van der Waals surface area contributed by atoms with E-state index in [0.29, 0.717) is 12.1 Å². The van der Waals surface area contributed by atoms with Crippen LogP contribution < -0.4 is 10.2 Å². The van der Waals surface area contributed by atoms with E-state index in [1.165, 1.54) is 17.0 Å². The van der Waals surface area contributed by atoms with Crippen LogP contribution in [0.3, 0.4) is 0 Å². The second kappa shape index (κ2) is 5.73. The van der Waals surface area contributed by atoms with Crippen molar-refractivity contribution in [1.29, 1.82) is 0 Å². The SMILES string of the molecule is CN1C(=O)[C@@]2(Cc3cc([N+](=O)[O-])ccc3N3CCCC[C@@H]32)C(=O)NC1=S. The van der Waals surface area contributed by atoms with Gasteiger partial charge in [-0.1, -0.05) is 0 Å². The van der Waals surface area contributed by atoms with Gasteiger partial charge in [0, 0.05) is 37.8 Å². The van der Waals surface area contributed by atoms with E-state index < -0.39 is 16.2 Å². The van der Waals surface area contributed by atoms with Crippen molar-refractivity contribution in [3.8, 4) is 0 Å². The van der Waals surface area contributed by atoms with E-state index >= 15 is 0 Å². The fourth-order valence-corrected chi connectivity index (χ4v) is 4.66. The minimum Gasteiger partial charge on any atom is -0.367 e. The molecule has 0 bridgehead atoms. The number of nitrogens with one attached hydrogen (secondary N) is 1. The highest BCUT2D eigenvalue weighted by Crippen LogP contribution is 2.48. The Labute approximate surface area is 155 Å². The van der Waals surface area contributed by atoms with E-state index in [-0.39, 0.29) is 29.2 Å². The molecule has 0 unspecified atom stereocenters. The number of non-ortho nitro benzene ring substituents is 1. The Morgan fingerprint density at radius 1 is 1.35 bits per heavy atom. The fourth-order valence-electron chi connectivity index (χ4n) is 4.49. The van der Waals surface area contributed by atoms with Crippen molar-refractivity contribution in [2.75, 3.05) is 18.5 Å². The summed E-state index contributed by atoms with van der Waals surface area (Å²) in [4.78, 5) is 40.3. The van der Waals surface area contributed by atoms with Crippen molar-refractivity contribution in [2.24, 2.45) is 5.41 Å². The molecule has 3 aliphatic heterocycles. The van der Waals surface area contributed by atoms with Gasteiger partial charge in [-0.25, -0.2) is 0 Å². The molecule has 0 aliphatic carbocycles. The molecule has 2 atom stereocenters. The Balaban J connectivity index is 1.90. The molecule has 26 heavy (non-hydrogen) atoms. The number of benzene rings is 1. The number of anilines is 1. The van der Waals surface area contributed by atoms with Crippen molar-refractivity contribution >= 4 is 40.5 Å². The second-order valence-electron chi connectivity index (χ2n) is 7.05. The van der Waals surface area contributed by atoms with Crippen molar-refractivity contribution < 1.29 is 14.5 Å². The van der Waals surface area contributed by atoms with Crippen LogP contribution in [0.5, 0.6) is 0 Å². The van der Waals surface area contributed by atoms with Crippen molar-refractivity contribution in [1.82, 2.24) is 10.2 Å². The van der Waals surface area contributed by atoms with Crippen LogP contribution in [-0.4, -0.2) is 46.4 Å². The molecule has 0 radical (unpaired) electrons. The zero-order valence-electron chi connectivity index (χ0n) is 14.2. The van der Waals surface area contributed by atoms with Gasteiger partial charge in [0.25, 0.3) is 5.69 Å². The number of nitro benzene ring substituents is 1. The maximum atomic E-state index is 13.2. The third-order valence-electron chi connectivity index (χ3n) is 5.74. The number of piperidine rings is 1. The first-order valence-corrected chi connectivity index (χ1v) is 8.94. The van der Waals surface area contributed by atoms with Gasteiger partial charge >= 0.3 is 0 Å². The molecular formula is C17H18N4O4S. The maximum absolute atomic E-state index is 13.2. The first kappa shape index (κ1) is 16.9. The Morgan fingerprint density at radius 3 is 2.85 bits per heavy atom. The summed E-state index contributed by atoms with van der Waals surface area (Å²) in [5.41, 5.74) is 0.186. The highest BCUT2D eigenvalue weighted by molar-refractivity contribution is 7.80. The lowest BCUT2D eigenvalue weighted by Gasteiger charge is -2.53. The average molecular weight is 374 g/mol. The molecule has 4 rings (SSSR count). The number of nitrogens with zero attached hydrogens (tertiary/aromatic N) is 3. The van der Waals surface area contributed by atoms with E-state index in [9.17, 15) is 19.7 Å². The standard InChI is InChI=1S/C17H18N4O4S/c1-19-15(23)17(14(22)18-16(19)26)9-10-8-11(21(24)25)5-6-12(10)20-7-3-2-4-13(17)20/h5-6,8,13H,2-4,7,9H2,1H3,(H,18,22,26)/t13-,17-/m1/s1. The van der Waals surface area contributed by atoms with Gasteiger partial charge in [0.05, 0.1) is 11.0 Å². The number of carbonyl (C=O) groups excluding carboxylic acids is 2. The minimum atomic E-state index is -1.31. The highest BCUT2D eigenvalue weighted by atomic mass is 32.1. The van der Waals surface area contributed by atoms with Crippen LogP contribution in [0.1, 0.15) is 24.8 Å². The van der Waals surface area contributed by atoms with Crippen LogP contribution in [0.4, 0.5) is 11.4 Å². The molecule has 1 spiro atoms. The monoisotopic (exact) mass is 374 g/mol. The van der Waals surface area contributed by atoms with Gasteiger partial charge in [-0.15, -0.1) is 0 Å². The van der Waals surface area contributed by atoms with Crippen molar-refractivity contribution in [3.63, 3.8) is 0 Å². The molecular weight excluding hydrogens is 356 g/mol. The predicted octanol–water partition coefficient (Wildman–Crippen LogP) is 1.37. The van der Waals surface area contributed by atoms with Crippen LogP contribution in [0.2, 0.25) is 0 Å². The molecule has 2 fully saturated rings. The maximum Gasteiger partial charge on any atom is 0.269 e. The molecule has 136 valence electrons. The third-order valence-corrected chi connectivity index (χ3v) is 6.12. The zero-order valence-corrected chi connectivity index (χ0v) is 15.0. The Bertz CT molecular complexity index is 857. The number of rotatable bonds is 1. The molecule has 1 aromatic rings. The molecule has 8 nitrogen and oxygen atoms in total. The minimum absolute atomic E-state index is 0.0399. The van der Waals surface area contributed by atoms with E-state index in [4.69, 9.17) is 12.2 Å². The lowest BCUT2D eigenvalue weighted by Crippen LogP contribution is -2.71. The van der Waals surface area contributed by atoms with E-state index in [2.05, 4.69) is 10.2 Å². The average Bonchev–Trinajstić information content (AvgIpc) is 2.64. The molecule has 3 aliphatic rings. The van der Waals surface area contributed by atoms with Crippen LogP contribution in [0.15, 0.2) is 18.2 Å². The second-order valence-corrected chi connectivity index (χ2v) is 7.43. The van der Waals surface area contributed by atoms with E-state index in [1.807, 2.05) is 0 Å². The first-order valence-electron chi connectivity index (χ1n) is 8.54. The number of fused-ring (bicyclic) bond motifs is 4. The normalized spacial score (nSPS) is 27.9. The summed E-state index contributed by atoms with van der Waals surface area (Å²) in [5, 5.41) is 13.9. The summed E-state index contributed by atoms with van der Waals surface area (Å²) in [6.45, 7) is 0.714. The molecule has 9 heteroatoms. The van der Waals surface area contributed by atoms with Crippen LogP contribution in [0, 0.1) is 15.5 Å². The topological polar surface area (TPSA) is 95.8 Å². The Hall–Kier alpha value is -2.55. The molecule has 3 heterocycles. The summed E-state index contributed by atoms with van der Waals surface area (Å²) in [6, 6.07) is 4.42. The summed E-state index contributed by atoms with van der Waals surface area (Å²) in [7, 11) is 1.56. The van der Waals surface area contributed by atoms with Crippen LogP contribution in [-0.2, 0) is 16.0 Å².